The Morgan fingerprint density at radius 1 is 1.53 bits per heavy atom. The van der Waals surface area contributed by atoms with Gasteiger partial charge in [0.15, 0.2) is 12.1 Å². The molecule has 2 aliphatic rings. The van der Waals surface area contributed by atoms with Crippen LogP contribution in [0.1, 0.15) is 19.8 Å². The Balaban J connectivity index is 1.97. The van der Waals surface area contributed by atoms with Crippen molar-refractivity contribution in [1.29, 1.82) is 0 Å². The highest BCUT2D eigenvalue weighted by Crippen LogP contribution is 2.35. The zero-order chi connectivity index (χ0) is 11.0. The van der Waals surface area contributed by atoms with Gasteiger partial charge >= 0.3 is 5.97 Å². The minimum absolute atomic E-state index is 0.0326. The Morgan fingerprint density at radius 3 is 2.87 bits per heavy atom. The largest absolute Gasteiger partial charge is 0.469 e. The third-order valence-electron chi connectivity index (χ3n) is 2.88. The minimum atomic E-state index is -0.477. The molecule has 0 amide bonds. The fraction of sp³-hybridized carbons (Fsp3) is 0.800. The highest BCUT2D eigenvalue weighted by atomic mass is 16.7. The maximum absolute atomic E-state index is 11.8. The third-order valence-corrected chi connectivity index (χ3v) is 2.88. The van der Waals surface area contributed by atoms with Gasteiger partial charge in [0.25, 0.3) is 0 Å². The number of hydrogen-bond donors (Lipinski definition) is 0. The lowest BCUT2D eigenvalue weighted by Gasteiger charge is -2.10. The van der Waals surface area contributed by atoms with Crippen LogP contribution in [0.2, 0.25) is 0 Å². The summed E-state index contributed by atoms with van der Waals surface area (Å²) in [6.07, 6.45) is -0.285. The molecule has 0 aromatic rings. The van der Waals surface area contributed by atoms with Crippen molar-refractivity contribution < 1.29 is 23.8 Å². The van der Waals surface area contributed by atoms with Crippen molar-refractivity contribution in [3.63, 3.8) is 0 Å². The highest BCUT2D eigenvalue weighted by Gasteiger charge is 2.49. The van der Waals surface area contributed by atoms with Crippen LogP contribution in [0.4, 0.5) is 0 Å². The van der Waals surface area contributed by atoms with E-state index in [0.717, 1.165) is 0 Å². The van der Waals surface area contributed by atoms with Crippen molar-refractivity contribution >= 4 is 11.8 Å². The molecule has 4 atom stereocenters. The molecule has 1 aliphatic heterocycles. The van der Waals surface area contributed by atoms with Crippen molar-refractivity contribution in [2.45, 2.75) is 38.3 Å². The van der Waals surface area contributed by atoms with Gasteiger partial charge in [-0.25, -0.2) is 0 Å². The maximum atomic E-state index is 11.8. The molecule has 0 N–H and O–H groups in total. The molecule has 2 fully saturated rings. The topological polar surface area (TPSA) is 61.8 Å². The van der Waals surface area contributed by atoms with Crippen LogP contribution in [-0.2, 0) is 23.8 Å². The summed E-state index contributed by atoms with van der Waals surface area (Å²) in [6.45, 7) is 1.76. The number of fused-ring (bicyclic) bond motifs is 1. The van der Waals surface area contributed by atoms with Crippen LogP contribution < -0.4 is 0 Å². The summed E-state index contributed by atoms with van der Waals surface area (Å²) in [5.74, 6) is -0.698. The Labute approximate surface area is 87.7 Å². The molecule has 5 nitrogen and oxygen atoms in total. The van der Waals surface area contributed by atoms with Gasteiger partial charge in [-0.15, -0.1) is 0 Å². The van der Waals surface area contributed by atoms with E-state index in [1.807, 2.05) is 0 Å². The fourth-order valence-electron chi connectivity index (χ4n) is 2.17. The zero-order valence-electron chi connectivity index (χ0n) is 8.76. The first-order valence-electron chi connectivity index (χ1n) is 5.03. The van der Waals surface area contributed by atoms with Gasteiger partial charge in [0.1, 0.15) is 6.10 Å². The summed E-state index contributed by atoms with van der Waals surface area (Å²) in [5.41, 5.74) is 0. The molecular weight excluding hydrogens is 200 g/mol. The highest BCUT2D eigenvalue weighted by molar-refractivity contribution is 5.91. The molecule has 2 rings (SSSR count). The summed E-state index contributed by atoms with van der Waals surface area (Å²) in [6, 6.07) is 0. The predicted octanol–water partition coefficient (Wildman–Crippen LogP) is 0.268. The van der Waals surface area contributed by atoms with Gasteiger partial charge in [0.2, 0.25) is 0 Å². The van der Waals surface area contributed by atoms with E-state index in [2.05, 4.69) is 4.74 Å². The number of methoxy groups -OCH3 is 1. The predicted molar refractivity (Wildman–Crippen MR) is 49.0 cm³/mol. The molecule has 0 bridgehead atoms. The SMILES string of the molecule is COC(=O)C[C@H]1CC2OC(C)OC2C1=O. The van der Waals surface area contributed by atoms with E-state index in [-0.39, 0.29) is 36.5 Å². The lowest BCUT2D eigenvalue weighted by molar-refractivity contribution is -0.145. The van der Waals surface area contributed by atoms with Crippen molar-refractivity contribution in [3.05, 3.63) is 0 Å². The lowest BCUT2D eigenvalue weighted by Crippen LogP contribution is -2.25. The summed E-state index contributed by atoms with van der Waals surface area (Å²) in [4.78, 5) is 22.8. The number of Topliss-reactive ketones (excluding diaryl/α,β-unsaturated/α-hetero) is 1. The summed E-state index contributed by atoms with van der Waals surface area (Å²) >= 11 is 0. The first kappa shape index (κ1) is 10.6. The van der Waals surface area contributed by atoms with Crippen LogP contribution in [0.15, 0.2) is 0 Å². The van der Waals surface area contributed by atoms with Crippen LogP contribution in [-0.4, -0.2) is 37.4 Å². The van der Waals surface area contributed by atoms with Crippen molar-refractivity contribution in [2.24, 2.45) is 5.92 Å². The molecule has 84 valence electrons. The zero-order valence-corrected chi connectivity index (χ0v) is 8.76. The van der Waals surface area contributed by atoms with E-state index in [4.69, 9.17) is 9.47 Å². The molecule has 15 heavy (non-hydrogen) atoms. The van der Waals surface area contributed by atoms with E-state index in [9.17, 15) is 9.59 Å². The van der Waals surface area contributed by atoms with E-state index >= 15 is 0 Å². The number of esters is 1. The molecule has 0 aromatic heterocycles. The first-order valence-corrected chi connectivity index (χ1v) is 5.03. The second kappa shape index (κ2) is 3.90. The van der Waals surface area contributed by atoms with Gasteiger partial charge in [-0.1, -0.05) is 0 Å². The van der Waals surface area contributed by atoms with E-state index in [1.54, 1.807) is 6.92 Å². The van der Waals surface area contributed by atoms with Gasteiger partial charge in [0.05, 0.1) is 19.6 Å². The molecule has 1 saturated heterocycles. The number of ketones is 1. The molecule has 5 heteroatoms. The normalized spacial score (nSPS) is 39.2. The Bertz CT molecular complexity index is 288. The number of carbonyl (C=O) groups excluding carboxylic acids is 2. The third kappa shape index (κ3) is 1.89. The van der Waals surface area contributed by atoms with Crippen LogP contribution in [0, 0.1) is 5.92 Å². The summed E-state index contributed by atoms with van der Waals surface area (Å²) in [5, 5.41) is 0. The second-order valence-electron chi connectivity index (χ2n) is 3.91. The number of hydrogen-bond acceptors (Lipinski definition) is 5. The van der Waals surface area contributed by atoms with Crippen molar-refractivity contribution in [3.8, 4) is 0 Å². The number of ether oxygens (including phenoxy) is 3. The standard InChI is InChI=1S/C10H14O5/c1-5-14-7-3-6(4-8(11)13-2)9(12)10(7)15-5/h5-7,10H,3-4H2,1-2H3/t5?,6-,7?,10?/m1/s1. The van der Waals surface area contributed by atoms with E-state index in [1.165, 1.54) is 7.11 Å². The van der Waals surface area contributed by atoms with Crippen LogP contribution in [0.25, 0.3) is 0 Å². The van der Waals surface area contributed by atoms with Crippen molar-refractivity contribution in [2.75, 3.05) is 7.11 Å². The second-order valence-corrected chi connectivity index (χ2v) is 3.91. The first-order chi connectivity index (χ1) is 7.11. The van der Waals surface area contributed by atoms with Gasteiger partial charge in [-0.2, -0.15) is 0 Å². The monoisotopic (exact) mass is 214 g/mol. The van der Waals surface area contributed by atoms with E-state index in [0.29, 0.717) is 6.42 Å². The van der Waals surface area contributed by atoms with Gasteiger partial charge in [-0.05, 0) is 13.3 Å². The smallest absolute Gasteiger partial charge is 0.306 e. The average molecular weight is 214 g/mol. The molecule has 0 spiro atoms. The van der Waals surface area contributed by atoms with Crippen molar-refractivity contribution in [1.82, 2.24) is 0 Å². The molecular formula is C10H14O5. The van der Waals surface area contributed by atoms with Gasteiger partial charge in [0, 0.05) is 5.92 Å². The molecule has 3 unspecified atom stereocenters. The lowest BCUT2D eigenvalue weighted by atomic mass is 10.0. The Hall–Kier alpha value is -0.940. The average Bonchev–Trinajstić information content (AvgIpc) is 2.67. The molecule has 0 radical (unpaired) electrons. The Morgan fingerprint density at radius 2 is 2.27 bits per heavy atom. The van der Waals surface area contributed by atoms with Gasteiger partial charge in [-0.3, -0.25) is 9.59 Å². The van der Waals surface area contributed by atoms with Crippen LogP contribution in [0.5, 0.6) is 0 Å². The van der Waals surface area contributed by atoms with E-state index < -0.39 is 6.10 Å². The molecule has 1 saturated carbocycles. The fourth-order valence-corrected chi connectivity index (χ4v) is 2.17. The summed E-state index contributed by atoms with van der Waals surface area (Å²) < 4.78 is 15.3. The molecule has 1 heterocycles. The molecule has 0 aromatic carbocycles. The summed E-state index contributed by atoms with van der Waals surface area (Å²) in [7, 11) is 1.32. The van der Waals surface area contributed by atoms with Crippen LogP contribution >= 0.6 is 0 Å². The molecule has 1 aliphatic carbocycles. The Kier molecular flexibility index (Phi) is 2.75. The number of carbonyl (C=O) groups is 2. The van der Waals surface area contributed by atoms with Crippen LogP contribution in [0.3, 0.4) is 0 Å². The maximum Gasteiger partial charge on any atom is 0.306 e. The number of rotatable bonds is 2. The minimum Gasteiger partial charge on any atom is -0.469 e. The van der Waals surface area contributed by atoms with Gasteiger partial charge < -0.3 is 14.2 Å². The quantitative estimate of drug-likeness (QED) is 0.617.